The van der Waals surface area contributed by atoms with Crippen LogP contribution in [0.4, 0.5) is 4.39 Å². The number of halogens is 1. The lowest BCUT2D eigenvalue weighted by Gasteiger charge is -2.25. The van der Waals surface area contributed by atoms with Gasteiger partial charge in [-0.05, 0) is 36.2 Å². The molecule has 2 aromatic carbocycles. The molecule has 2 N–H and O–H groups in total. The summed E-state index contributed by atoms with van der Waals surface area (Å²) in [7, 11) is 0. The molecule has 1 aliphatic heterocycles. The van der Waals surface area contributed by atoms with Crippen molar-refractivity contribution in [2.24, 2.45) is 0 Å². The summed E-state index contributed by atoms with van der Waals surface area (Å²) in [5, 5.41) is 10.1. The Morgan fingerprint density at radius 1 is 1.29 bits per heavy atom. The second kappa shape index (κ2) is 5.72. The van der Waals surface area contributed by atoms with Crippen molar-refractivity contribution in [3.63, 3.8) is 0 Å². The van der Waals surface area contributed by atoms with E-state index < -0.39 is 6.10 Å². The number of nitrogens with one attached hydrogen (secondary N) is 1. The van der Waals surface area contributed by atoms with Crippen molar-refractivity contribution in [3.05, 3.63) is 65.7 Å². The summed E-state index contributed by atoms with van der Waals surface area (Å²) in [5.41, 5.74) is 2.54. The number of para-hydroxylation sites is 1. The topological polar surface area (TPSA) is 69.2 Å². The molecule has 1 aliphatic rings. The Balaban J connectivity index is 1.73. The van der Waals surface area contributed by atoms with Gasteiger partial charge >= 0.3 is 0 Å². The van der Waals surface area contributed by atoms with Crippen LogP contribution in [0.15, 0.2) is 48.8 Å². The molecule has 0 radical (unpaired) electrons. The molecule has 2 heterocycles. The maximum Gasteiger partial charge on any atom is 0.256 e. The Labute approximate surface area is 137 Å². The van der Waals surface area contributed by atoms with Gasteiger partial charge in [-0.25, -0.2) is 9.37 Å². The molecule has 5 nitrogen and oxygen atoms in total. The van der Waals surface area contributed by atoms with Gasteiger partial charge in [-0.1, -0.05) is 18.2 Å². The Kier molecular flexibility index (Phi) is 3.54. The zero-order valence-electron chi connectivity index (χ0n) is 12.8. The van der Waals surface area contributed by atoms with Crippen LogP contribution in [0.5, 0.6) is 0 Å². The number of imidazole rings is 1. The van der Waals surface area contributed by atoms with Crippen molar-refractivity contribution < 1.29 is 14.3 Å². The molecule has 0 aliphatic carbocycles. The highest BCUT2D eigenvalue weighted by molar-refractivity contribution is 6.05. The van der Waals surface area contributed by atoms with E-state index in [2.05, 4.69) is 9.97 Å². The maximum absolute atomic E-state index is 13.6. The van der Waals surface area contributed by atoms with E-state index in [-0.39, 0.29) is 24.3 Å². The molecule has 6 heteroatoms. The Morgan fingerprint density at radius 3 is 2.96 bits per heavy atom. The number of rotatable bonds is 2. The van der Waals surface area contributed by atoms with Gasteiger partial charge in [0.25, 0.3) is 5.91 Å². The fraction of sp³-hybridized carbons (Fsp3) is 0.222. The molecule has 0 bridgehead atoms. The number of hydrogen-bond donors (Lipinski definition) is 2. The van der Waals surface area contributed by atoms with E-state index in [4.69, 9.17) is 0 Å². The Hall–Kier alpha value is -2.73. The minimum absolute atomic E-state index is 0.210. The number of H-pyrrole nitrogens is 1. The third-order valence-corrected chi connectivity index (χ3v) is 4.45. The SMILES string of the molecule is O=C(c1cccc2[nH]cnc12)N1C[C@@H](O)C[C@@H]1c1cccc(F)c1. The first-order chi connectivity index (χ1) is 11.6. The van der Waals surface area contributed by atoms with E-state index in [0.717, 1.165) is 5.52 Å². The summed E-state index contributed by atoms with van der Waals surface area (Å²) >= 11 is 0. The van der Waals surface area contributed by atoms with Crippen LogP contribution in [0.1, 0.15) is 28.4 Å². The highest BCUT2D eigenvalue weighted by atomic mass is 19.1. The average Bonchev–Trinajstić information content (AvgIpc) is 3.20. The van der Waals surface area contributed by atoms with E-state index in [1.165, 1.54) is 12.1 Å². The van der Waals surface area contributed by atoms with Crippen molar-refractivity contribution in [2.45, 2.75) is 18.6 Å². The lowest BCUT2D eigenvalue weighted by atomic mass is 10.0. The molecular weight excluding hydrogens is 309 g/mol. The quantitative estimate of drug-likeness (QED) is 0.761. The van der Waals surface area contributed by atoms with Crippen LogP contribution >= 0.6 is 0 Å². The predicted octanol–water partition coefficient (Wildman–Crippen LogP) is 2.65. The number of aromatic nitrogens is 2. The number of carbonyl (C=O) groups is 1. The van der Waals surface area contributed by atoms with Gasteiger partial charge in [0, 0.05) is 6.54 Å². The highest BCUT2D eigenvalue weighted by Gasteiger charge is 2.36. The van der Waals surface area contributed by atoms with Gasteiger partial charge in [0.05, 0.1) is 29.6 Å². The van der Waals surface area contributed by atoms with Crippen molar-refractivity contribution in [1.82, 2.24) is 14.9 Å². The first-order valence-electron chi connectivity index (χ1n) is 7.80. The van der Waals surface area contributed by atoms with Crippen LogP contribution in [-0.2, 0) is 0 Å². The number of fused-ring (bicyclic) bond motifs is 1. The van der Waals surface area contributed by atoms with Crippen molar-refractivity contribution >= 4 is 16.9 Å². The van der Waals surface area contributed by atoms with Crippen molar-refractivity contribution in [3.8, 4) is 0 Å². The molecule has 1 saturated heterocycles. The van der Waals surface area contributed by atoms with Gasteiger partial charge in [-0.15, -0.1) is 0 Å². The Morgan fingerprint density at radius 2 is 2.12 bits per heavy atom. The first kappa shape index (κ1) is 14.8. The number of amides is 1. The number of hydrogen-bond acceptors (Lipinski definition) is 3. The number of benzene rings is 2. The summed E-state index contributed by atoms with van der Waals surface area (Å²) in [6, 6.07) is 11.2. The molecule has 1 fully saturated rings. The van der Waals surface area contributed by atoms with Gasteiger partial charge < -0.3 is 15.0 Å². The monoisotopic (exact) mass is 325 g/mol. The van der Waals surface area contributed by atoms with Crippen LogP contribution in [-0.4, -0.2) is 38.5 Å². The Bertz CT molecular complexity index is 908. The molecule has 0 saturated carbocycles. The molecule has 0 spiro atoms. The zero-order valence-corrected chi connectivity index (χ0v) is 12.8. The lowest BCUT2D eigenvalue weighted by molar-refractivity contribution is 0.0717. The van der Waals surface area contributed by atoms with Crippen molar-refractivity contribution in [1.29, 1.82) is 0 Å². The number of β-amino-alcohol motifs (C(OH)–C–C–N with tert-alkyl or cyclic N) is 1. The number of likely N-dealkylation sites (tertiary alicyclic amines) is 1. The lowest BCUT2D eigenvalue weighted by Crippen LogP contribution is -2.32. The normalized spacial score (nSPS) is 20.7. The van der Waals surface area contributed by atoms with Gasteiger partial charge in [0.2, 0.25) is 0 Å². The molecule has 2 atom stereocenters. The molecule has 122 valence electrons. The smallest absolute Gasteiger partial charge is 0.256 e. The van der Waals surface area contributed by atoms with Crippen LogP contribution in [0.25, 0.3) is 11.0 Å². The average molecular weight is 325 g/mol. The maximum atomic E-state index is 13.6. The summed E-state index contributed by atoms with van der Waals surface area (Å²) < 4.78 is 13.6. The van der Waals surface area contributed by atoms with Gasteiger partial charge in [0.15, 0.2) is 0 Å². The van der Waals surface area contributed by atoms with Crippen molar-refractivity contribution in [2.75, 3.05) is 6.54 Å². The number of aliphatic hydroxyl groups is 1. The molecule has 1 amide bonds. The zero-order chi connectivity index (χ0) is 16.7. The third kappa shape index (κ3) is 2.45. The summed E-state index contributed by atoms with van der Waals surface area (Å²) in [5.74, 6) is -0.561. The standard InChI is InChI=1S/C18H16FN3O2/c19-12-4-1-3-11(7-12)16-8-13(23)9-22(16)18(24)14-5-2-6-15-17(14)21-10-20-15/h1-7,10,13,16,23H,8-9H2,(H,20,21)/t13-,16+/m0/s1. The molecule has 3 aromatic rings. The summed E-state index contributed by atoms with van der Waals surface area (Å²) in [4.78, 5) is 21.8. The van der Waals surface area contributed by atoms with Gasteiger partial charge in [-0.2, -0.15) is 0 Å². The number of carbonyl (C=O) groups excluding carboxylic acids is 1. The highest BCUT2D eigenvalue weighted by Crippen LogP contribution is 2.34. The molecule has 24 heavy (non-hydrogen) atoms. The van der Waals surface area contributed by atoms with E-state index in [1.54, 1.807) is 35.5 Å². The molecule has 1 aromatic heterocycles. The molecule has 4 rings (SSSR count). The second-order valence-electron chi connectivity index (χ2n) is 6.02. The number of nitrogens with zero attached hydrogens (tertiary/aromatic N) is 2. The first-order valence-corrected chi connectivity index (χ1v) is 7.80. The number of aliphatic hydroxyl groups excluding tert-OH is 1. The van der Waals surface area contributed by atoms with E-state index >= 15 is 0 Å². The minimum atomic E-state index is -0.624. The number of aromatic amines is 1. The van der Waals surface area contributed by atoms with E-state index in [9.17, 15) is 14.3 Å². The summed E-state index contributed by atoms with van der Waals surface area (Å²) in [6.07, 6.45) is 1.32. The fourth-order valence-electron chi connectivity index (χ4n) is 3.36. The van der Waals surface area contributed by atoms with Crippen LogP contribution in [0.2, 0.25) is 0 Å². The molecule has 0 unspecified atom stereocenters. The van der Waals surface area contributed by atoms with E-state index in [0.29, 0.717) is 23.1 Å². The van der Waals surface area contributed by atoms with E-state index in [1.807, 2.05) is 6.07 Å². The van der Waals surface area contributed by atoms with Gasteiger partial charge in [-0.3, -0.25) is 4.79 Å². The summed E-state index contributed by atoms with van der Waals surface area (Å²) in [6.45, 7) is 0.223. The second-order valence-corrected chi connectivity index (χ2v) is 6.02. The molecular formula is C18H16FN3O2. The fourth-order valence-corrected chi connectivity index (χ4v) is 3.36. The van der Waals surface area contributed by atoms with Crippen LogP contribution in [0, 0.1) is 5.82 Å². The third-order valence-electron chi connectivity index (χ3n) is 4.45. The van der Waals surface area contributed by atoms with Crippen LogP contribution in [0.3, 0.4) is 0 Å². The van der Waals surface area contributed by atoms with Gasteiger partial charge in [0.1, 0.15) is 11.3 Å². The van der Waals surface area contributed by atoms with Crippen LogP contribution < -0.4 is 0 Å². The minimum Gasteiger partial charge on any atom is -0.391 e. The largest absolute Gasteiger partial charge is 0.391 e. The predicted molar refractivity (Wildman–Crippen MR) is 86.9 cm³/mol.